The van der Waals surface area contributed by atoms with Crippen LogP contribution in [0.5, 0.6) is 5.75 Å². The highest BCUT2D eigenvalue weighted by molar-refractivity contribution is 6.37. The lowest BCUT2D eigenvalue weighted by Crippen LogP contribution is -2.31. The summed E-state index contributed by atoms with van der Waals surface area (Å²) in [7, 11) is 1.54. The second-order valence-corrected chi connectivity index (χ2v) is 7.38. The Morgan fingerprint density at radius 2 is 1.66 bits per heavy atom. The molecule has 32 heavy (non-hydrogen) atoms. The molecule has 3 aromatic carbocycles. The molecule has 0 unspecified atom stereocenters. The van der Waals surface area contributed by atoms with E-state index in [0.29, 0.717) is 17.1 Å². The zero-order valence-electron chi connectivity index (χ0n) is 17.4. The molecule has 0 spiro atoms. The van der Waals surface area contributed by atoms with Crippen LogP contribution in [-0.2, 0) is 16.1 Å². The van der Waals surface area contributed by atoms with Gasteiger partial charge in [-0.1, -0.05) is 54.6 Å². The number of rotatable bonds is 6. The van der Waals surface area contributed by atoms with Crippen molar-refractivity contribution in [3.8, 4) is 5.75 Å². The third-order valence-corrected chi connectivity index (χ3v) is 5.49. The first-order valence-electron chi connectivity index (χ1n) is 10.2. The van der Waals surface area contributed by atoms with Crippen molar-refractivity contribution < 1.29 is 18.7 Å². The normalized spacial score (nSPS) is 13.8. The topological polar surface area (TPSA) is 71.8 Å². The molecule has 0 atom stereocenters. The van der Waals surface area contributed by atoms with Crippen LogP contribution in [0.1, 0.15) is 11.3 Å². The third-order valence-electron chi connectivity index (χ3n) is 5.49. The Morgan fingerprint density at radius 3 is 2.47 bits per heavy atom. The molecule has 4 aromatic rings. The van der Waals surface area contributed by atoms with Crippen LogP contribution in [0.2, 0.25) is 0 Å². The molecule has 6 heteroatoms. The lowest BCUT2D eigenvalue weighted by atomic mass is 10.0. The number of anilines is 1. The number of imide groups is 1. The largest absolute Gasteiger partial charge is 0.496 e. The number of benzene rings is 3. The SMILES string of the molecule is COc1ccccc1C1=C(Nc2cccc3ccccc23)C(=O)N(Cc2ccco2)C1=O. The number of nitrogens with zero attached hydrogens (tertiary/aromatic N) is 1. The van der Waals surface area contributed by atoms with E-state index in [0.717, 1.165) is 16.5 Å². The summed E-state index contributed by atoms with van der Waals surface area (Å²) in [5.41, 5.74) is 1.78. The van der Waals surface area contributed by atoms with Gasteiger partial charge < -0.3 is 14.5 Å². The number of fused-ring (bicyclic) bond motifs is 1. The van der Waals surface area contributed by atoms with Gasteiger partial charge in [-0.3, -0.25) is 14.5 Å². The van der Waals surface area contributed by atoms with Crippen LogP contribution in [0.3, 0.4) is 0 Å². The maximum Gasteiger partial charge on any atom is 0.278 e. The van der Waals surface area contributed by atoms with Crippen molar-refractivity contribution in [1.29, 1.82) is 0 Å². The molecular formula is C26H20N2O4. The van der Waals surface area contributed by atoms with Gasteiger partial charge in [0.2, 0.25) is 0 Å². The Morgan fingerprint density at radius 1 is 0.875 bits per heavy atom. The Bertz CT molecular complexity index is 1350. The van der Waals surface area contributed by atoms with E-state index in [1.807, 2.05) is 54.6 Å². The van der Waals surface area contributed by atoms with Crippen molar-refractivity contribution in [2.24, 2.45) is 0 Å². The molecule has 2 amide bonds. The number of para-hydroxylation sites is 1. The molecular weight excluding hydrogens is 404 g/mol. The number of methoxy groups -OCH3 is 1. The van der Waals surface area contributed by atoms with Crippen LogP contribution >= 0.6 is 0 Å². The van der Waals surface area contributed by atoms with Gasteiger partial charge in [-0.2, -0.15) is 0 Å². The van der Waals surface area contributed by atoms with Gasteiger partial charge in [0, 0.05) is 16.6 Å². The zero-order valence-corrected chi connectivity index (χ0v) is 17.4. The lowest BCUT2D eigenvalue weighted by Gasteiger charge is -2.14. The summed E-state index contributed by atoms with van der Waals surface area (Å²) < 4.78 is 10.9. The van der Waals surface area contributed by atoms with Crippen LogP contribution in [0, 0.1) is 0 Å². The van der Waals surface area contributed by atoms with E-state index in [9.17, 15) is 9.59 Å². The summed E-state index contributed by atoms with van der Waals surface area (Å²) in [6.07, 6.45) is 1.52. The molecule has 2 heterocycles. The van der Waals surface area contributed by atoms with Gasteiger partial charge in [0.05, 0.1) is 25.5 Å². The van der Waals surface area contributed by atoms with Crippen molar-refractivity contribution in [3.05, 3.63) is 102 Å². The Balaban J connectivity index is 1.64. The number of hydrogen-bond donors (Lipinski definition) is 1. The van der Waals surface area contributed by atoms with Crippen LogP contribution in [0.4, 0.5) is 5.69 Å². The maximum atomic E-state index is 13.5. The summed E-state index contributed by atoms with van der Waals surface area (Å²) in [6, 6.07) is 24.3. The van der Waals surface area contributed by atoms with Crippen molar-refractivity contribution in [2.45, 2.75) is 6.54 Å². The minimum Gasteiger partial charge on any atom is -0.496 e. The van der Waals surface area contributed by atoms with Gasteiger partial charge in [-0.15, -0.1) is 0 Å². The molecule has 6 nitrogen and oxygen atoms in total. The molecule has 0 fully saturated rings. The molecule has 1 aliphatic rings. The number of hydrogen-bond acceptors (Lipinski definition) is 5. The molecule has 0 radical (unpaired) electrons. The van der Waals surface area contributed by atoms with Gasteiger partial charge in [-0.05, 0) is 29.7 Å². The highest BCUT2D eigenvalue weighted by Gasteiger charge is 2.40. The van der Waals surface area contributed by atoms with E-state index in [2.05, 4.69) is 5.32 Å². The van der Waals surface area contributed by atoms with Crippen molar-refractivity contribution in [2.75, 3.05) is 12.4 Å². The van der Waals surface area contributed by atoms with E-state index in [4.69, 9.17) is 9.15 Å². The summed E-state index contributed by atoms with van der Waals surface area (Å²) in [4.78, 5) is 28.1. The van der Waals surface area contributed by atoms with E-state index in [1.165, 1.54) is 11.2 Å². The van der Waals surface area contributed by atoms with Crippen LogP contribution in [0.25, 0.3) is 16.3 Å². The van der Waals surface area contributed by atoms with Gasteiger partial charge in [-0.25, -0.2) is 0 Å². The maximum absolute atomic E-state index is 13.5. The van der Waals surface area contributed by atoms with Crippen molar-refractivity contribution in [3.63, 3.8) is 0 Å². The first-order valence-corrected chi connectivity index (χ1v) is 10.2. The van der Waals surface area contributed by atoms with Crippen molar-refractivity contribution in [1.82, 2.24) is 4.90 Å². The van der Waals surface area contributed by atoms with E-state index >= 15 is 0 Å². The van der Waals surface area contributed by atoms with E-state index in [-0.39, 0.29) is 17.8 Å². The van der Waals surface area contributed by atoms with Gasteiger partial charge in [0.25, 0.3) is 11.8 Å². The van der Waals surface area contributed by atoms with Gasteiger partial charge in [0.1, 0.15) is 17.2 Å². The first-order chi connectivity index (χ1) is 15.7. The standard InChI is InChI=1S/C26H20N2O4/c1-31-22-14-5-4-12-20(22)23-24(26(30)28(25(23)29)16-18-10-7-15-32-18)27-21-13-6-9-17-8-2-3-11-19(17)21/h2-15,27H,16H2,1H3. The molecule has 1 aliphatic heterocycles. The van der Waals surface area contributed by atoms with E-state index < -0.39 is 11.8 Å². The predicted octanol–water partition coefficient (Wildman–Crippen LogP) is 4.83. The van der Waals surface area contributed by atoms with Gasteiger partial charge in [0.15, 0.2) is 0 Å². The second-order valence-electron chi connectivity index (χ2n) is 7.38. The fraction of sp³-hybridized carbons (Fsp3) is 0.0769. The summed E-state index contributed by atoms with van der Waals surface area (Å²) in [6.45, 7) is 0.0457. The number of carbonyl (C=O) groups is 2. The molecule has 1 aromatic heterocycles. The molecule has 0 aliphatic carbocycles. The average molecular weight is 424 g/mol. The Kier molecular flexibility index (Phi) is 4.95. The zero-order chi connectivity index (χ0) is 22.1. The molecule has 0 saturated carbocycles. The number of carbonyl (C=O) groups excluding carboxylic acids is 2. The van der Waals surface area contributed by atoms with Gasteiger partial charge >= 0.3 is 0 Å². The first kappa shape index (κ1) is 19.6. The molecule has 0 saturated heterocycles. The smallest absolute Gasteiger partial charge is 0.278 e. The molecule has 1 N–H and O–H groups in total. The van der Waals surface area contributed by atoms with Crippen LogP contribution in [0.15, 0.2) is 95.2 Å². The van der Waals surface area contributed by atoms with E-state index in [1.54, 1.807) is 31.4 Å². The van der Waals surface area contributed by atoms with Crippen LogP contribution in [-0.4, -0.2) is 23.8 Å². The fourth-order valence-corrected chi connectivity index (χ4v) is 3.96. The molecule has 158 valence electrons. The molecule has 0 bridgehead atoms. The minimum atomic E-state index is -0.416. The average Bonchev–Trinajstić information content (AvgIpc) is 3.42. The third kappa shape index (κ3) is 3.32. The highest BCUT2D eigenvalue weighted by atomic mass is 16.5. The summed E-state index contributed by atoms with van der Waals surface area (Å²) in [5.74, 6) is 0.220. The Labute approximate surface area is 184 Å². The number of furan rings is 1. The minimum absolute atomic E-state index is 0.0457. The number of nitrogens with one attached hydrogen (secondary N) is 1. The quantitative estimate of drug-likeness (QED) is 0.449. The Hall–Kier alpha value is -4.32. The number of amides is 2. The molecule has 5 rings (SSSR count). The lowest BCUT2D eigenvalue weighted by molar-refractivity contribution is -0.137. The monoisotopic (exact) mass is 424 g/mol. The highest BCUT2D eigenvalue weighted by Crippen LogP contribution is 2.37. The second kappa shape index (κ2) is 8.07. The van der Waals surface area contributed by atoms with Crippen LogP contribution < -0.4 is 10.1 Å². The predicted molar refractivity (Wildman–Crippen MR) is 122 cm³/mol. The van der Waals surface area contributed by atoms with Crippen molar-refractivity contribution >= 4 is 33.8 Å². The number of ether oxygens (including phenoxy) is 1. The fourth-order valence-electron chi connectivity index (χ4n) is 3.96. The summed E-state index contributed by atoms with van der Waals surface area (Å²) >= 11 is 0. The summed E-state index contributed by atoms with van der Waals surface area (Å²) in [5, 5.41) is 5.23.